The molecule has 0 aliphatic carbocycles. The van der Waals surface area contributed by atoms with Crippen LogP contribution >= 0.6 is 23.2 Å². The molecule has 0 radical (unpaired) electrons. The minimum absolute atomic E-state index is 0.104. The average Bonchev–Trinajstić information content (AvgIpc) is 3.05. The molecule has 28 heavy (non-hydrogen) atoms. The fraction of sp³-hybridized carbons (Fsp3) is 0.158. The summed E-state index contributed by atoms with van der Waals surface area (Å²) in [5.74, 6) is -0.962. The van der Waals surface area contributed by atoms with Gasteiger partial charge in [-0.2, -0.15) is 0 Å². The summed E-state index contributed by atoms with van der Waals surface area (Å²) in [7, 11) is 0. The third-order valence-electron chi connectivity index (χ3n) is 3.68. The Morgan fingerprint density at radius 2 is 1.96 bits per heavy atom. The fourth-order valence-corrected chi connectivity index (χ4v) is 2.90. The zero-order valence-electron chi connectivity index (χ0n) is 14.7. The molecule has 0 bridgehead atoms. The summed E-state index contributed by atoms with van der Waals surface area (Å²) in [5.41, 5.74) is 1.24. The van der Waals surface area contributed by atoms with Crippen LogP contribution in [0.5, 0.6) is 0 Å². The molecule has 0 aliphatic rings. The van der Waals surface area contributed by atoms with E-state index in [9.17, 15) is 13.6 Å². The SMILES string of the molecule is CCCOC(=O)Nc1cc(-c2cc(F)cc(Cl)c2)n(-c2ccc(F)c(Cl)c2)n1. The number of halogens is 4. The number of hydrogen-bond acceptors (Lipinski definition) is 3. The Balaban J connectivity index is 2.07. The van der Waals surface area contributed by atoms with Crippen molar-refractivity contribution in [2.75, 3.05) is 11.9 Å². The van der Waals surface area contributed by atoms with E-state index >= 15 is 0 Å². The molecule has 0 saturated carbocycles. The fourth-order valence-electron chi connectivity index (χ4n) is 2.50. The maximum absolute atomic E-state index is 13.8. The van der Waals surface area contributed by atoms with Crippen LogP contribution < -0.4 is 5.32 Å². The largest absolute Gasteiger partial charge is 0.449 e. The predicted octanol–water partition coefficient (Wildman–Crippen LogP) is 6.08. The molecule has 0 spiro atoms. The standard InChI is InChI=1S/C19H15Cl2F2N3O2/c1-2-5-28-19(27)24-18-10-17(11-6-12(20)8-13(22)7-11)26(25-18)14-3-4-16(23)15(21)9-14/h3-4,6-10H,2,5H2,1H3,(H,24,25,27). The van der Waals surface area contributed by atoms with Crippen molar-refractivity contribution in [1.82, 2.24) is 9.78 Å². The summed E-state index contributed by atoms with van der Waals surface area (Å²) in [6.45, 7) is 2.12. The number of hydrogen-bond donors (Lipinski definition) is 1. The van der Waals surface area contributed by atoms with Gasteiger partial charge in [-0.15, -0.1) is 5.10 Å². The van der Waals surface area contributed by atoms with Crippen molar-refractivity contribution in [3.05, 3.63) is 64.1 Å². The monoisotopic (exact) mass is 425 g/mol. The molecule has 0 saturated heterocycles. The van der Waals surface area contributed by atoms with Gasteiger partial charge in [0, 0.05) is 16.7 Å². The second-order valence-electron chi connectivity index (χ2n) is 5.84. The van der Waals surface area contributed by atoms with E-state index < -0.39 is 17.7 Å². The number of benzene rings is 2. The molecule has 0 aliphatic heterocycles. The number of nitrogens with one attached hydrogen (secondary N) is 1. The Kier molecular flexibility index (Phi) is 6.16. The van der Waals surface area contributed by atoms with Gasteiger partial charge in [0.25, 0.3) is 0 Å². The molecule has 2 aromatic carbocycles. The number of carbonyl (C=O) groups excluding carboxylic acids is 1. The maximum atomic E-state index is 13.8. The first-order valence-corrected chi connectivity index (χ1v) is 9.08. The molecule has 1 heterocycles. The van der Waals surface area contributed by atoms with Crippen molar-refractivity contribution in [3.8, 4) is 16.9 Å². The smallest absolute Gasteiger partial charge is 0.412 e. The minimum Gasteiger partial charge on any atom is -0.449 e. The van der Waals surface area contributed by atoms with Crippen LogP contribution in [-0.2, 0) is 4.74 Å². The van der Waals surface area contributed by atoms with Crippen LogP contribution in [0.4, 0.5) is 19.4 Å². The summed E-state index contributed by atoms with van der Waals surface area (Å²) in [4.78, 5) is 11.8. The summed E-state index contributed by atoms with van der Waals surface area (Å²) in [6.07, 6.45) is -0.00402. The van der Waals surface area contributed by atoms with Crippen LogP contribution in [0, 0.1) is 11.6 Å². The highest BCUT2D eigenvalue weighted by molar-refractivity contribution is 6.31. The first kappa shape index (κ1) is 20.1. The molecule has 3 aromatic rings. The Bertz CT molecular complexity index is 1000. The summed E-state index contributed by atoms with van der Waals surface area (Å²) in [6, 6.07) is 9.51. The third-order valence-corrected chi connectivity index (χ3v) is 4.19. The lowest BCUT2D eigenvalue weighted by atomic mass is 10.1. The van der Waals surface area contributed by atoms with Crippen LogP contribution in [0.1, 0.15) is 13.3 Å². The van der Waals surface area contributed by atoms with Crippen molar-refractivity contribution in [1.29, 1.82) is 0 Å². The first-order valence-electron chi connectivity index (χ1n) is 8.33. The van der Waals surface area contributed by atoms with Crippen LogP contribution in [0.15, 0.2) is 42.5 Å². The molecule has 1 amide bonds. The van der Waals surface area contributed by atoms with E-state index in [4.69, 9.17) is 27.9 Å². The van der Waals surface area contributed by atoms with E-state index in [1.165, 1.54) is 41.1 Å². The molecule has 0 fully saturated rings. The quantitative estimate of drug-likeness (QED) is 0.538. The number of anilines is 1. The van der Waals surface area contributed by atoms with Crippen LogP contribution in [0.2, 0.25) is 10.0 Å². The normalized spacial score (nSPS) is 10.8. The molecule has 1 N–H and O–H groups in total. The lowest BCUT2D eigenvalue weighted by molar-refractivity contribution is 0.161. The number of aromatic nitrogens is 2. The molecule has 9 heteroatoms. The lowest BCUT2D eigenvalue weighted by Gasteiger charge is -2.09. The van der Waals surface area contributed by atoms with Crippen LogP contribution in [-0.4, -0.2) is 22.5 Å². The lowest BCUT2D eigenvalue weighted by Crippen LogP contribution is -2.14. The van der Waals surface area contributed by atoms with E-state index in [1.807, 2.05) is 6.92 Å². The van der Waals surface area contributed by atoms with Crippen LogP contribution in [0.3, 0.4) is 0 Å². The highest BCUT2D eigenvalue weighted by Crippen LogP contribution is 2.30. The van der Waals surface area contributed by atoms with Crippen molar-refractivity contribution >= 4 is 35.1 Å². The zero-order chi connectivity index (χ0) is 20.3. The Hall–Kier alpha value is -2.64. The third kappa shape index (κ3) is 4.61. The summed E-state index contributed by atoms with van der Waals surface area (Å²) in [5, 5.41) is 6.89. The predicted molar refractivity (Wildman–Crippen MR) is 104 cm³/mol. The van der Waals surface area contributed by atoms with E-state index in [0.717, 1.165) is 0 Å². The first-order chi connectivity index (χ1) is 13.4. The van der Waals surface area contributed by atoms with Crippen LogP contribution in [0.25, 0.3) is 16.9 Å². The second-order valence-corrected chi connectivity index (χ2v) is 6.69. The number of ether oxygens (including phenoxy) is 1. The molecular formula is C19H15Cl2F2N3O2. The number of nitrogens with zero attached hydrogens (tertiary/aromatic N) is 2. The highest BCUT2D eigenvalue weighted by Gasteiger charge is 2.16. The molecule has 146 valence electrons. The summed E-state index contributed by atoms with van der Waals surface area (Å²) < 4.78 is 33.8. The number of amides is 1. The Morgan fingerprint density at radius 1 is 1.18 bits per heavy atom. The van der Waals surface area contributed by atoms with Gasteiger partial charge < -0.3 is 4.74 Å². The zero-order valence-corrected chi connectivity index (χ0v) is 16.2. The molecule has 0 unspecified atom stereocenters. The van der Waals surface area contributed by atoms with Gasteiger partial charge >= 0.3 is 6.09 Å². The number of carbonyl (C=O) groups is 1. The second kappa shape index (κ2) is 8.58. The molecule has 1 aromatic heterocycles. The molecule has 5 nitrogen and oxygen atoms in total. The Labute approximate surface area is 169 Å². The van der Waals surface area contributed by atoms with E-state index in [2.05, 4.69) is 10.4 Å². The molecular weight excluding hydrogens is 411 g/mol. The van der Waals surface area contributed by atoms with E-state index in [0.29, 0.717) is 23.4 Å². The minimum atomic E-state index is -0.674. The molecule has 3 rings (SSSR count). The van der Waals surface area contributed by atoms with Crippen molar-refractivity contribution in [2.24, 2.45) is 0 Å². The van der Waals surface area contributed by atoms with Crippen molar-refractivity contribution in [3.63, 3.8) is 0 Å². The summed E-state index contributed by atoms with van der Waals surface area (Å²) >= 11 is 11.8. The topological polar surface area (TPSA) is 56.1 Å². The number of rotatable bonds is 5. The van der Waals surface area contributed by atoms with E-state index in [-0.39, 0.29) is 22.5 Å². The van der Waals surface area contributed by atoms with Gasteiger partial charge in [0.2, 0.25) is 0 Å². The van der Waals surface area contributed by atoms with E-state index in [1.54, 1.807) is 6.07 Å². The highest BCUT2D eigenvalue weighted by atomic mass is 35.5. The molecule has 0 atom stereocenters. The van der Waals surface area contributed by atoms with Gasteiger partial charge in [0.05, 0.1) is 23.0 Å². The van der Waals surface area contributed by atoms with Crippen molar-refractivity contribution in [2.45, 2.75) is 13.3 Å². The van der Waals surface area contributed by atoms with Gasteiger partial charge in [-0.1, -0.05) is 30.1 Å². The van der Waals surface area contributed by atoms with Gasteiger partial charge in [0.15, 0.2) is 5.82 Å². The van der Waals surface area contributed by atoms with Gasteiger partial charge in [-0.25, -0.2) is 18.3 Å². The van der Waals surface area contributed by atoms with Gasteiger partial charge in [-0.3, -0.25) is 5.32 Å². The van der Waals surface area contributed by atoms with Crippen molar-refractivity contribution < 1.29 is 18.3 Å². The average molecular weight is 426 g/mol. The van der Waals surface area contributed by atoms with Gasteiger partial charge in [0.1, 0.15) is 11.6 Å². The Morgan fingerprint density at radius 3 is 2.64 bits per heavy atom. The maximum Gasteiger partial charge on any atom is 0.412 e. The van der Waals surface area contributed by atoms with Gasteiger partial charge in [-0.05, 0) is 42.8 Å².